The maximum atomic E-state index is 12.8. The third kappa shape index (κ3) is 6.13. The minimum atomic E-state index is 0.346. The first-order valence-corrected chi connectivity index (χ1v) is 11.4. The molecule has 2 saturated heterocycles. The van der Waals surface area contributed by atoms with Gasteiger partial charge >= 0.3 is 0 Å². The Morgan fingerprint density at radius 3 is 2.43 bits per heavy atom. The van der Waals surface area contributed by atoms with E-state index < -0.39 is 0 Å². The van der Waals surface area contributed by atoms with Crippen molar-refractivity contribution in [2.45, 2.75) is 38.8 Å². The number of hydrogen-bond donors (Lipinski definition) is 0. The van der Waals surface area contributed by atoms with Crippen molar-refractivity contribution in [1.29, 1.82) is 0 Å². The molecule has 2 aromatic rings. The largest absolute Gasteiger partial charge is 0.340 e. The summed E-state index contributed by atoms with van der Waals surface area (Å²) in [5, 5.41) is 0. The van der Waals surface area contributed by atoms with Gasteiger partial charge in [0.05, 0.1) is 0 Å². The van der Waals surface area contributed by atoms with Crippen molar-refractivity contribution in [2.75, 3.05) is 39.3 Å². The summed E-state index contributed by atoms with van der Waals surface area (Å²) < 4.78 is 0. The first-order valence-electron chi connectivity index (χ1n) is 11.4. The van der Waals surface area contributed by atoms with E-state index in [4.69, 9.17) is 0 Å². The molecule has 0 radical (unpaired) electrons. The first-order chi connectivity index (χ1) is 14.8. The molecule has 1 aromatic heterocycles. The molecule has 0 aliphatic carbocycles. The molecule has 1 atom stereocenters. The van der Waals surface area contributed by atoms with Crippen molar-refractivity contribution >= 4 is 5.91 Å². The second-order valence-electron chi connectivity index (χ2n) is 8.79. The van der Waals surface area contributed by atoms with Gasteiger partial charge in [-0.15, -0.1) is 0 Å². The predicted octanol–water partition coefficient (Wildman–Crippen LogP) is 3.42. The zero-order valence-corrected chi connectivity index (χ0v) is 18.0. The van der Waals surface area contributed by atoms with Gasteiger partial charge < -0.3 is 4.90 Å². The van der Waals surface area contributed by atoms with Crippen LogP contribution in [0, 0.1) is 5.92 Å². The van der Waals surface area contributed by atoms with Crippen molar-refractivity contribution in [1.82, 2.24) is 19.7 Å². The maximum Gasteiger partial charge on any atom is 0.222 e. The third-order valence-electron chi connectivity index (χ3n) is 6.47. The van der Waals surface area contributed by atoms with Crippen molar-refractivity contribution in [3.63, 3.8) is 0 Å². The highest BCUT2D eigenvalue weighted by molar-refractivity contribution is 5.76. The average Bonchev–Trinajstić information content (AvgIpc) is 2.80. The number of aromatic nitrogens is 1. The van der Waals surface area contributed by atoms with E-state index in [-0.39, 0.29) is 0 Å². The van der Waals surface area contributed by atoms with Gasteiger partial charge in [0, 0.05) is 64.6 Å². The molecule has 2 fully saturated rings. The Balaban J connectivity index is 1.17. The van der Waals surface area contributed by atoms with E-state index in [1.807, 2.05) is 18.5 Å². The van der Waals surface area contributed by atoms with Gasteiger partial charge in [0.2, 0.25) is 5.91 Å². The number of piperidine rings is 1. The lowest BCUT2D eigenvalue weighted by molar-refractivity contribution is -0.133. The molecular formula is C25H34N4O. The highest BCUT2D eigenvalue weighted by atomic mass is 16.2. The molecule has 30 heavy (non-hydrogen) atoms. The first kappa shape index (κ1) is 21.0. The number of rotatable bonds is 7. The van der Waals surface area contributed by atoms with E-state index in [0.717, 1.165) is 58.8 Å². The van der Waals surface area contributed by atoms with Crippen molar-refractivity contribution in [3.8, 4) is 0 Å². The molecule has 1 aromatic carbocycles. The van der Waals surface area contributed by atoms with Gasteiger partial charge in [-0.1, -0.05) is 36.4 Å². The molecule has 5 heteroatoms. The highest BCUT2D eigenvalue weighted by Crippen LogP contribution is 2.23. The molecule has 0 N–H and O–H groups in total. The highest BCUT2D eigenvalue weighted by Gasteiger charge is 2.24. The van der Waals surface area contributed by atoms with E-state index in [1.165, 1.54) is 24.0 Å². The number of pyridine rings is 1. The van der Waals surface area contributed by atoms with Crippen LogP contribution < -0.4 is 0 Å². The second kappa shape index (κ2) is 10.7. The zero-order valence-electron chi connectivity index (χ0n) is 18.0. The van der Waals surface area contributed by atoms with Crippen molar-refractivity contribution in [3.05, 3.63) is 66.0 Å². The summed E-state index contributed by atoms with van der Waals surface area (Å²) in [6.07, 6.45) is 8.00. The summed E-state index contributed by atoms with van der Waals surface area (Å²) in [4.78, 5) is 24.1. The molecule has 0 saturated carbocycles. The van der Waals surface area contributed by atoms with Crippen LogP contribution in [0.15, 0.2) is 54.9 Å². The fourth-order valence-electron chi connectivity index (χ4n) is 4.76. The zero-order chi connectivity index (χ0) is 20.6. The smallest absolute Gasteiger partial charge is 0.222 e. The van der Waals surface area contributed by atoms with Gasteiger partial charge in [-0.2, -0.15) is 0 Å². The van der Waals surface area contributed by atoms with E-state index in [9.17, 15) is 4.79 Å². The van der Waals surface area contributed by atoms with Crippen molar-refractivity contribution < 1.29 is 4.79 Å². The summed E-state index contributed by atoms with van der Waals surface area (Å²) in [5.41, 5.74) is 2.63. The number of nitrogens with zero attached hydrogens (tertiary/aromatic N) is 4. The standard InChI is InChI=1S/C25H34N4O/c30-25(29-16-14-27(15-17-29)19-22-6-2-1-3-7-22)11-10-23-9-5-13-28(20-23)21-24-8-4-12-26-18-24/h1-4,6-8,12,18,23H,5,9-11,13-17,19-21H2/t23-/m1/s1. The van der Waals surface area contributed by atoms with E-state index in [2.05, 4.69) is 56.1 Å². The van der Waals surface area contributed by atoms with Gasteiger partial charge in [-0.25, -0.2) is 0 Å². The van der Waals surface area contributed by atoms with Gasteiger partial charge in [-0.05, 0) is 48.9 Å². The summed E-state index contributed by atoms with van der Waals surface area (Å²) in [7, 11) is 0. The topological polar surface area (TPSA) is 39.7 Å². The quantitative estimate of drug-likeness (QED) is 0.706. The summed E-state index contributed by atoms with van der Waals surface area (Å²) in [5.74, 6) is 0.984. The van der Waals surface area contributed by atoms with Gasteiger partial charge in [0.25, 0.3) is 0 Å². The number of amides is 1. The molecule has 4 rings (SSSR count). The minimum absolute atomic E-state index is 0.346. The predicted molar refractivity (Wildman–Crippen MR) is 120 cm³/mol. The van der Waals surface area contributed by atoms with Crippen LogP contribution in [0.1, 0.15) is 36.8 Å². The molecule has 0 spiro atoms. The van der Waals surface area contributed by atoms with Crippen LogP contribution in [0.3, 0.4) is 0 Å². The fraction of sp³-hybridized carbons (Fsp3) is 0.520. The Kier molecular flexibility index (Phi) is 7.49. The Morgan fingerprint density at radius 2 is 1.67 bits per heavy atom. The average molecular weight is 407 g/mol. The SMILES string of the molecule is O=C(CC[C@H]1CCCN(Cc2cccnc2)C1)N1CCN(Cc2ccccc2)CC1. The lowest BCUT2D eigenvalue weighted by Crippen LogP contribution is -2.48. The lowest BCUT2D eigenvalue weighted by atomic mass is 9.93. The Hall–Kier alpha value is -2.24. The van der Waals surface area contributed by atoms with E-state index >= 15 is 0 Å². The summed E-state index contributed by atoms with van der Waals surface area (Å²) in [6, 6.07) is 14.8. The van der Waals surface area contributed by atoms with Crippen LogP contribution in [0.5, 0.6) is 0 Å². The van der Waals surface area contributed by atoms with Gasteiger partial charge in [-0.3, -0.25) is 19.6 Å². The van der Waals surface area contributed by atoms with E-state index in [0.29, 0.717) is 18.2 Å². The van der Waals surface area contributed by atoms with Gasteiger partial charge in [0.15, 0.2) is 0 Å². The van der Waals surface area contributed by atoms with Crippen LogP contribution >= 0.6 is 0 Å². The summed E-state index contributed by atoms with van der Waals surface area (Å²) in [6.45, 7) is 7.90. The number of hydrogen-bond acceptors (Lipinski definition) is 4. The molecule has 160 valence electrons. The van der Waals surface area contributed by atoms with Crippen LogP contribution in [0.4, 0.5) is 0 Å². The maximum absolute atomic E-state index is 12.8. The Labute approximate surface area is 180 Å². The number of benzene rings is 1. The van der Waals surface area contributed by atoms with Gasteiger partial charge in [0.1, 0.15) is 0 Å². The third-order valence-corrected chi connectivity index (χ3v) is 6.47. The molecule has 3 heterocycles. The van der Waals surface area contributed by atoms with Crippen LogP contribution in [0.25, 0.3) is 0 Å². The summed E-state index contributed by atoms with van der Waals surface area (Å²) >= 11 is 0. The number of carbonyl (C=O) groups excluding carboxylic acids is 1. The fourth-order valence-corrected chi connectivity index (χ4v) is 4.76. The number of likely N-dealkylation sites (tertiary alicyclic amines) is 1. The number of carbonyl (C=O) groups is 1. The normalized spacial score (nSPS) is 20.9. The second-order valence-corrected chi connectivity index (χ2v) is 8.79. The molecule has 2 aliphatic rings. The minimum Gasteiger partial charge on any atom is -0.340 e. The van der Waals surface area contributed by atoms with Crippen LogP contribution in [0.2, 0.25) is 0 Å². The molecule has 2 aliphatic heterocycles. The van der Waals surface area contributed by atoms with Crippen molar-refractivity contribution in [2.24, 2.45) is 5.92 Å². The molecule has 1 amide bonds. The molecule has 0 bridgehead atoms. The Bertz CT molecular complexity index is 774. The monoisotopic (exact) mass is 406 g/mol. The Morgan fingerprint density at radius 1 is 0.900 bits per heavy atom. The molecular weight excluding hydrogens is 372 g/mol. The van der Waals surface area contributed by atoms with E-state index in [1.54, 1.807) is 0 Å². The molecule has 0 unspecified atom stereocenters. The lowest BCUT2D eigenvalue weighted by Gasteiger charge is -2.36. The van der Waals surface area contributed by atoms with Crippen LogP contribution in [-0.4, -0.2) is 64.9 Å². The number of piperazine rings is 1. The van der Waals surface area contributed by atoms with Crippen LogP contribution in [-0.2, 0) is 17.9 Å². The molecule has 5 nitrogen and oxygen atoms in total.